The van der Waals surface area contributed by atoms with Gasteiger partial charge in [-0.1, -0.05) is 6.92 Å². The van der Waals surface area contributed by atoms with Crippen molar-refractivity contribution in [2.75, 3.05) is 6.54 Å². The van der Waals surface area contributed by atoms with Gasteiger partial charge in [0.1, 0.15) is 0 Å². The van der Waals surface area contributed by atoms with Gasteiger partial charge in [-0.05, 0) is 23.4 Å². The van der Waals surface area contributed by atoms with E-state index in [-0.39, 0.29) is 11.7 Å². The number of likely N-dealkylation sites (tertiary alicyclic amines) is 1. The second-order valence-corrected chi connectivity index (χ2v) is 4.62. The van der Waals surface area contributed by atoms with Gasteiger partial charge < -0.3 is 4.90 Å². The number of carbonyl (C=O) groups is 2. The zero-order valence-electron chi connectivity index (χ0n) is 8.66. The molecule has 0 atom stereocenters. The number of Topliss-reactive ketones (excluding diaryl/α,β-unsaturated/α-hetero) is 1. The smallest absolute Gasteiger partial charge is 0.290 e. The number of hydrogen-bond acceptors (Lipinski definition) is 3. The number of aryl methyl sites for hydroxylation is 1. The highest BCUT2D eigenvalue weighted by Crippen LogP contribution is 2.21. The third-order valence-corrected chi connectivity index (χ3v) is 3.64. The zero-order valence-corrected chi connectivity index (χ0v) is 9.47. The zero-order chi connectivity index (χ0) is 10.8. The molecule has 0 radical (unpaired) electrons. The minimum absolute atomic E-state index is 0.246. The van der Waals surface area contributed by atoms with Crippen LogP contribution in [0.15, 0.2) is 11.4 Å². The molecule has 0 aliphatic carbocycles. The Kier molecular flexibility index (Phi) is 2.86. The van der Waals surface area contributed by atoms with Gasteiger partial charge in [0.2, 0.25) is 5.78 Å². The molecule has 0 unspecified atom stereocenters. The van der Waals surface area contributed by atoms with Gasteiger partial charge >= 0.3 is 0 Å². The Bertz CT molecular complexity index is 397. The third kappa shape index (κ3) is 1.95. The van der Waals surface area contributed by atoms with Crippen LogP contribution in [0.2, 0.25) is 0 Å². The molecule has 0 aromatic carbocycles. The van der Waals surface area contributed by atoms with Crippen molar-refractivity contribution >= 4 is 23.0 Å². The van der Waals surface area contributed by atoms with E-state index in [1.807, 2.05) is 5.38 Å². The summed E-state index contributed by atoms with van der Waals surface area (Å²) < 4.78 is 0. The average molecular weight is 223 g/mol. The van der Waals surface area contributed by atoms with Gasteiger partial charge in [0.05, 0.1) is 6.54 Å². The Morgan fingerprint density at radius 2 is 2.27 bits per heavy atom. The topological polar surface area (TPSA) is 37.4 Å². The Morgan fingerprint density at radius 3 is 2.87 bits per heavy atom. The molecule has 1 aliphatic heterocycles. The van der Waals surface area contributed by atoms with Crippen LogP contribution in [0.1, 0.15) is 23.8 Å². The molecule has 1 saturated heterocycles. The summed E-state index contributed by atoms with van der Waals surface area (Å²) in [6.07, 6.45) is 1.36. The molecule has 80 valence electrons. The molecule has 1 fully saturated rings. The van der Waals surface area contributed by atoms with E-state index in [1.165, 1.54) is 10.4 Å². The molecule has 15 heavy (non-hydrogen) atoms. The number of ketones is 1. The largest absolute Gasteiger partial charge is 0.331 e. The van der Waals surface area contributed by atoms with Crippen molar-refractivity contribution in [3.8, 4) is 0 Å². The first-order valence-electron chi connectivity index (χ1n) is 5.09. The first-order valence-corrected chi connectivity index (χ1v) is 5.97. The molecule has 1 aromatic heterocycles. The molecule has 1 amide bonds. The summed E-state index contributed by atoms with van der Waals surface area (Å²) in [4.78, 5) is 25.3. The first kappa shape index (κ1) is 10.4. The summed E-state index contributed by atoms with van der Waals surface area (Å²) in [6, 6.07) is 2.09. The van der Waals surface area contributed by atoms with E-state index in [9.17, 15) is 9.59 Å². The van der Waals surface area contributed by atoms with Crippen molar-refractivity contribution in [2.24, 2.45) is 0 Å². The van der Waals surface area contributed by atoms with Crippen LogP contribution in [0, 0.1) is 0 Å². The van der Waals surface area contributed by atoms with E-state index >= 15 is 0 Å². The maximum Gasteiger partial charge on any atom is 0.290 e. The number of rotatable bonds is 3. The maximum atomic E-state index is 11.4. The van der Waals surface area contributed by atoms with E-state index in [4.69, 9.17) is 0 Å². The summed E-state index contributed by atoms with van der Waals surface area (Å²) >= 11 is 1.66. The molecule has 2 rings (SSSR count). The summed E-state index contributed by atoms with van der Waals surface area (Å²) in [5, 5.41) is 2.04. The molecule has 1 aliphatic rings. The SMILES string of the molecule is CCc1ccsc1CN1CCC(=O)C1=O. The number of carbonyl (C=O) groups excluding carboxylic acids is 2. The second-order valence-electron chi connectivity index (χ2n) is 3.62. The Labute approximate surface area is 92.7 Å². The summed E-state index contributed by atoms with van der Waals surface area (Å²) in [7, 11) is 0. The molecule has 4 heteroatoms. The van der Waals surface area contributed by atoms with Gasteiger partial charge in [-0.3, -0.25) is 9.59 Å². The number of nitrogens with zero attached hydrogens (tertiary/aromatic N) is 1. The van der Waals surface area contributed by atoms with Gasteiger partial charge in [0, 0.05) is 17.8 Å². The van der Waals surface area contributed by atoms with Crippen LogP contribution in [-0.2, 0) is 22.6 Å². The highest BCUT2D eigenvalue weighted by Gasteiger charge is 2.29. The summed E-state index contributed by atoms with van der Waals surface area (Å²) in [6.45, 7) is 3.28. The second kappa shape index (κ2) is 4.14. The number of hydrogen-bond donors (Lipinski definition) is 0. The van der Waals surface area contributed by atoms with Gasteiger partial charge in [0.15, 0.2) is 0 Å². The van der Waals surface area contributed by atoms with Gasteiger partial charge in [-0.2, -0.15) is 0 Å². The fourth-order valence-corrected chi connectivity index (χ4v) is 2.76. The fraction of sp³-hybridized carbons (Fsp3) is 0.455. The molecule has 0 spiro atoms. The van der Waals surface area contributed by atoms with Crippen LogP contribution >= 0.6 is 11.3 Å². The first-order chi connectivity index (χ1) is 7.22. The van der Waals surface area contributed by atoms with E-state index in [1.54, 1.807) is 16.2 Å². The quantitative estimate of drug-likeness (QED) is 0.730. The third-order valence-electron chi connectivity index (χ3n) is 2.69. The van der Waals surface area contributed by atoms with Crippen molar-refractivity contribution in [2.45, 2.75) is 26.3 Å². The van der Waals surface area contributed by atoms with Crippen molar-refractivity contribution in [1.29, 1.82) is 0 Å². The molecule has 3 nitrogen and oxygen atoms in total. The van der Waals surface area contributed by atoms with E-state index in [2.05, 4.69) is 13.0 Å². The van der Waals surface area contributed by atoms with Crippen LogP contribution in [-0.4, -0.2) is 23.1 Å². The van der Waals surface area contributed by atoms with E-state index in [0.29, 0.717) is 19.5 Å². The lowest BCUT2D eigenvalue weighted by Crippen LogP contribution is -2.26. The number of thiophene rings is 1. The van der Waals surface area contributed by atoms with E-state index in [0.717, 1.165) is 6.42 Å². The van der Waals surface area contributed by atoms with Crippen LogP contribution in [0.4, 0.5) is 0 Å². The van der Waals surface area contributed by atoms with Crippen LogP contribution < -0.4 is 0 Å². The highest BCUT2D eigenvalue weighted by molar-refractivity contribution is 7.10. The lowest BCUT2D eigenvalue weighted by atomic mass is 10.2. The maximum absolute atomic E-state index is 11.4. The molecule has 0 bridgehead atoms. The standard InChI is InChI=1S/C11H13NO2S/c1-2-8-4-6-15-10(8)7-12-5-3-9(13)11(12)14/h4,6H,2-3,5,7H2,1H3. The Morgan fingerprint density at radius 1 is 1.47 bits per heavy atom. The molecule has 0 saturated carbocycles. The fourth-order valence-electron chi connectivity index (χ4n) is 1.77. The lowest BCUT2D eigenvalue weighted by molar-refractivity contribution is -0.140. The van der Waals surface area contributed by atoms with Gasteiger partial charge in [-0.15, -0.1) is 11.3 Å². The van der Waals surface area contributed by atoms with E-state index < -0.39 is 0 Å². The minimum Gasteiger partial charge on any atom is -0.331 e. The average Bonchev–Trinajstić information content (AvgIpc) is 2.80. The Balaban J connectivity index is 2.09. The van der Waals surface area contributed by atoms with Crippen molar-refractivity contribution in [1.82, 2.24) is 4.90 Å². The number of amides is 1. The summed E-state index contributed by atoms with van der Waals surface area (Å²) in [5.74, 6) is -0.560. The van der Waals surface area contributed by atoms with Crippen LogP contribution in [0.25, 0.3) is 0 Å². The molecule has 1 aromatic rings. The summed E-state index contributed by atoms with van der Waals surface area (Å²) in [5.41, 5.74) is 1.28. The molecule has 0 N–H and O–H groups in total. The Hall–Kier alpha value is -1.16. The van der Waals surface area contributed by atoms with Gasteiger partial charge in [-0.25, -0.2) is 0 Å². The van der Waals surface area contributed by atoms with Crippen molar-refractivity contribution in [3.05, 3.63) is 21.9 Å². The predicted molar refractivity (Wildman–Crippen MR) is 58.7 cm³/mol. The monoisotopic (exact) mass is 223 g/mol. The molecule has 2 heterocycles. The molecular formula is C11H13NO2S. The predicted octanol–water partition coefficient (Wildman–Crippen LogP) is 1.61. The van der Waals surface area contributed by atoms with Crippen molar-refractivity contribution in [3.63, 3.8) is 0 Å². The lowest BCUT2D eigenvalue weighted by Gasteiger charge is -2.13. The normalized spacial score (nSPS) is 16.5. The molecular weight excluding hydrogens is 210 g/mol. The minimum atomic E-state index is -0.314. The highest BCUT2D eigenvalue weighted by atomic mass is 32.1. The van der Waals surface area contributed by atoms with Crippen molar-refractivity contribution < 1.29 is 9.59 Å². The van der Waals surface area contributed by atoms with Gasteiger partial charge in [0.25, 0.3) is 5.91 Å². The van der Waals surface area contributed by atoms with Crippen LogP contribution in [0.3, 0.4) is 0 Å². The van der Waals surface area contributed by atoms with Crippen LogP contribution in [0.5, 0.6) is 0 Å².